The minimum Gasteiger partial charge on any atom is -0.353 e. The molecule has 0 aromatic heterocycles. The zero-order valence-corrected chi connectivity index (χ0v) is 12.4. The molecule has 0 aliphatic heterocycles. The Balaban J connectivity index is 1.65. The largest absolute Gasteiger partial charge is 0.353 e. The van der Waals surface area contributed by atoms with E-state index in [2.05, 4.69) is 29.7 Å². The first-order chi connectivity index (χ1) is 9.78. The van der Waals surface area contributed by atoms with E-state index in [-0.39, 0.29) is 5.91 Å². The van der Waals surface area contributed by atoms with Crippen LogP contribution in [0, 0.1) is 0 Å². The lowest BCUT2D eigenvalue weighted by Crippen LogP contribution is -2.42. The van der Waals surface area contributed by atoms with Gasteiger partial charge in [0.05, 0.1) is 0 Å². The van der Waals surface area contributed by atoms with Gasteiger partial charge in [-0.1, -0.05) is 37.3 Å². The number of nitrogens with one attached hydrogen (secondary N) is 2. The number of carbonyl (C=O) groups is 1. The Morgan fingerprint density at radius 1 is 1.10 bits per heavy atom. The molecule has 1 aromatic carbocycles. The maximum Gasteiger partial charge on any atom is 0.220 e. The van der Waals surface area contributed by atoms with E-state index in [1.54, 1.807) is 0 Å². The predicted molar refractivity (Wildman–Crippen MR) is 82.6 cm³/mol. The monoisotopic (exact) mass is 274 g/mol. The van der Waals surface area contributed by atoms with Gasteiger partial charge in [-0.3, -0.25) is 4.79 Å². The summed E-state index contributed by atoms with van der Waals surface area (Å²) < 4.78 is 0. The van der Waals surface area contributed by atoms with E-state index in [9.17, 15) is 4.79 Å². The van der Waals surface area contributed by atoms with E-state index in [0.717, 1.165) is 25.8 Å². The van der Waals surface area contributed by atoms with Crippen molar-refractivity contribution in [3.8, 4) is 0 Å². The Bertz CT molecular complexity index is 397. The number of rotatable bonds is 6. The Hall–Kier alpha value is -1.35. The molecule has 0 bridgehead atoms. The summed E-state index contributed by atoms with van der Waals surface area (Å²) in [7, 11) is 0. The van der Waals surface area contributed by atoms with Crippen LogP contribution in [0.2, 0.25) is 0 Å². The average Bonchev–Trinajstić information content (AvgIpc) is 2.49. The Morgan fingerprint density at radius 2 is 1.75 bits per heavy atom. The average molecular weight is 274 g/mol. The lowest BCUT2D eigenvalue weighted by molar-refractivity contribution is -0.122. The molecule has 0 radical (unpaired) electrons. The normalized spacial score (nSPS) is 22.4. The molecule has 1 amide bonds. The number of benzene rings is 1. The van der Waals surface area contributed by atoms with Gasteiger partial charge in [-0.25, -0.2) is 0 Å². The molecule has 0 heterocycles. The van der Waals surface area contributed by atoms with Crippen molar-refractivity contribution in [1.82, 2.24) is 10.6 Å². The van der Waals surface area contributed by atoms with Gasteiger partial charge in [0.15, 0.2) is 0 Å². The number of hydrogen-bond acceptors (Lipinski definition) is 2. The molecule has 3 nitrogen and oxygen atoms in total. The van der Waals surface area contributed by atoms with Gasteiger partial charge >= 0.3 is 0 Å². The molecule has 1 aliphatic rings. The molecule has 1 fully saturated rings. The van der Waals surface area contributed by atoms with Crippen molar-refractivity contribution in [2.75, 3.05) is 6.54 Å². The van der Waals surface area contributed by atoms with Gasteiger partial charge in [-0.2, -0.15) is 0 Å². The van der Waals surface area contributed by atoms with Crippen LogP contribution in [0.25, 0.3) is 0 Å². The Morgan fingerprint density at radius 3 is 2.40 bits per heavy atom. The standard InChI is InChI=1S/C17H26N2O/c1-2-18-15-9-11-16(12-10-15)19-17(20)13-8-14-6-4-3-5-7-14/h3-7,15-16,18H,2,8-13H2,1H3,(H,19,20). The van der Waals surface area contributed by atoms with Gasteiger partial charge in [0.2, 0.25) is 5.91 Å². The third kappa shape index (κ3) is 4.97. The quantitative estimate of drug-likeness (QED) is 0.837. The van der Waals surface area contributed by atoms with Crippen LogP contribution in [0.3, 0.4) is 0 Å². The summed E-state index contributed by atoms with van der Waals surface area (Å²) in [6, 6.07) is 11.2. The fourth-order valence-electron chi connectivity index (χ4n) is 2.93. The molecule has 1 aliphatic carbocycles. The fourth-order valence-corrected chi connectivity index (χ4v) is 2.93. The van der Waals surface area contributed by atoms with Crippen LogP contribution >= 0.6 is 0 Å². The fraction of sp³-hybridized carbons (Fsp3) is 0.588. The molecule has 0 atom stereocenters. The highest BCUT2D eigenvalue weighted by Crippen LogP contribution is 2.18. The Labute approximate surface area is 122 Å². The van der Waals surface area contributed by atoms with Crippen molar-refractivity contribution in [2.45, 2.75) is 57.5 Å². The summed E-state index contributed by atoms with van der Waals surface area (Å²) in [4.78, 5) is 12.0. The molecule has 2 rings (SSSR count). The topological polar surface area (TPSA) is 41.1 Å². The summed E-state index contributed by atoms with van der Waals surface area (Å²) in [5, 5.41) is 6.68. The zero-order chi connectivity index (χ0) is 14.2. The SMILES string of the molecule is CCNC1CCC(NC(=O)CCc2ccccc2)CC1. The maximum atomic E-state index is 12.0. The van der Waals surface area contributed by atoms with Crippen molar-refractivity contribution in [3.63, 3.8) is 0 Å². The van der Waals surface area contributed by atoms with Gasteiger partial charge in [-0.15, -0.1) is 0 Å². The molecule has 1 saturated carbocycles. The lowest BCUT2D eigenvalue weighted by Gasteiger charge is -2.29. The number of aryl methyl sites for hydroxylation is 1. The summed E-state index contributed by atoms with van der Waals surface area (Å²) in [5.41, 5.74) is 1.23. The van der Waals surface area contributed by atoms with Crippen LogP contribution in [0.15, 0.2) is 30.3 Å². The van der Waals surface area contributed by atoms with Crippen LogP contribution in [-0.2, 0) is 11.2 Å². The van der Waals surface area contributed by atoms with Crippen molar-refractivity contribution in [2.24, 2.45) is 0 Å². The van der Waals surface area contributed by atoms with Gasteiger partial charge in [0.1, 0.15) is 0 Å². The van der Waals surface area contributed by atoms with E-state index < -0.39 is 0 Å². The smallest absolute Gasteiger partial charge is 0.220 e. The molecule has 3 heteroatoms. The molecular weight excluding hydrogens is 248 g/mol. The summed E-state index contributed by atoms with van der Waals surface area (Å²) >= 11 is 0. The number of hydrogen-bond donors (Lipinski definition) is 2. The van der Waals surface area contributed by atoms with Gasteiger partial charge in [-0.05, 0) is 44.2 Å². The minimum absolute atomic E-state index is 0.195. The highest BCUT2D eigenvalue weighted by Gasteiger charge is 2.21. The van der Waals surface area contributed by atoms with Crippen LogP contribution in [0.5, 0.6) is 0 Å². The number of carbonyl (C=O) groups excluding carboxylic acids is 1. The van der Waals surface area contributed by atoms with Crippen molar-refractivity contribution in [3.05, 3.63) is 35.9 Å². The molecule has 2 N–H and O–H groups in total. The maximum absolute atomic E-state index is 12.0. The first-order valence-electron chi connectivity index (χ1n) is 7.84. The van der Waals surface area contributed by atoms with Crippen LogP contribution in [-0.4, -0.2) is 24.5 Å². The van der Waals surface area contributed by atoms with E-state index in [4.69, 9.17) is 0 Å². The van der Waals surface area contributed by atoms with Gasteiger partial charge in [0.25, 0.3) is 0 Å². The Kier molecular flexibility index (Phi) is 6.06. The molecular formula is C17H26N2O. The molecule has 1 aromatic rings. The lowest BCUT2D eigenvalue weighted by atomic mass is 9.91. The van der Waals surface area contributed by atoms with Crippen molar-refractivity contribution in [1.29, 1.82) is 0 Å². The van der Waals surface area contributed by atoms with Crippen molar-refractivity contribution >= 4 is 5.91 Å². The summed E-state index contributed by atoms with van der Waals surface area (Å²) in [5.74, 6) is 0.195. The zero-order valence-electron chi connectivity index (χ0n) is 12.4. The van der Waals surface area contributed by atoms with Gasteiger partial charge in [0, 0.05) is 18.5 Å². The van der Waals surface area contributed by atoms with Gasteiger partial charge < -0.3 is 10.6 Å². The van der Waals surface area contributed by atoms with E-state index in [1.165, 1.54) is 18.4 Å². The third-order valence-electron chi connectivity index (χ3n) is 4.07. The molecule has 0 saturated heterocycles. The van der Waals surface area contributed by atoms with E-state index in [1.807, 2.05) is 18.2 Å². The second-order valence-electron chi connectivity index (χ2n) is 5.66. The van der Waals surface area contributed by atoms with E-state index >= 15 is 0 Å². The van der Waals surface area contributed by atoms with E-state index in [0.29, 0.717) is 18.5 Å². The minimum atomic E-state index is 0.195. The summed E-state index contributed by atoms with van der Waals surface area (Å²) in [6.45, 7) is 3.19. The number of amides is 1. The second kappa shape index (κ2) is 8.05. The predicted octanol–water partition coefficient (Wildman–Crippen LogP) is 2.66. The third-order valence-corrected chi connectivity index (χ3v) is 4.07. The van der Waals surface area contributed by atoms with Crippen LogP contribution in [0.1, 0.15) is 44.6 Å². The highest BCUT2D eigenvalue weighted by atomic mass is 16.1. The molecule has 0 unspecified atom stereocenters. The first-order valence-corrected chi connectivity index (χ1v) is 7.84. The summed E-state index contributed by atoms with van der Waals surface area (Å²) in [6.07, 6.45) is 6.00. The highest BCUT2D eigenvalue weighted by molar-refractivity contribution is 5.76. The van der Waals surface area contributed by atoms with Crippen LogP contribution < -0.4 is 10.6 Å². The molecule has 110 valence electrons. The molecule has 20 heavy (non-hydrogen) atoms. The second-order valence-corrected chi connectivity index (χ2v) is 5.66. The first kappa shape index (κ1) is 15.0. The van der Waals surface area contributed by atoms with Crippen molar-refractivity contribution < 1.29 is 4.79 Å². The molecule has 0 spiro atoms. The van der Waals surface area contributed by atoms with Crippen LogP contribution in [0.4, 0.5) is 0 Å².